The van der Waals surface area contributed by atoms with Gasteiger partial charge < -0.3 is 18.3 Å². The lowest BCUT2D eigenvalue weighted by atomic mass is 9.92. The highest BCUT2D eigenvalue weighted by molar-refractivity contribution is 6.15. The van der Waals surface area contributed by atoms with Gasteiger partial charge in [-0.3, -0.25) is 0 Å². The molecule has 0 bridgehead atoms. The molecule has 24 aromatic rings. The van der Waals surface area contributed by atoms with Crippen LogP contribution in [0.1, 0.15) is 0 Å². The molecule has 0 unspecified atom stereocenters. The molecule has 124 heavy (non-hydrogen) atoms. The van der Waals surface area contributed by atoms with Crippen LogP contribution >= 0.6 is 0 Å². The van der Waals surface area contributed by atoms with Crippen molar-refractivity contribution in [2.24, 2.45) is 0 Å². The number of aromatic nitrogens is 7. The number of nitrogens with zero attached hydrogens (tertiary/aromatic N) is 7. The topological polar surface area (TPSA) is 58.4 Å². The average Bonchev–Trinajstić information content (AvgIpc) is 1.57. The van der Waals surface area contributed by atoms with E-state index in [2.05, 4.69) is 473 Å². The highest BCUT2D eigenvalue weighted by atomic mass is 15.1. The maximum absolute atomic E-state index is 5.79. The Bertz CT molecular complexity index is 7730. The third-order valence-corrected chi connectivity index (χ3v) is 24.9. The fourth-order valence-corrected chi connectivity index (χ4v) is 19.1. The van der Waals surface area contributed by atoms with E-state index >= 15 is 0 Å². The van der Waals surface area contributed by atoms with Crippen molar-refractivity contribution in [3.63, 3.8) is 0 Å². The first-order chi connectivity index (χ1) is 61.4. The minimum absolute atomic E-state index is 0.521. The molecule has 0 N–H and O–H groups in total. The Morgan fingerprint density at radius 1 is 0.113 bits per heavy atom. The Hall–Kier alpha value is -16.6. The molecule has 0 saturated carbocycles. The first kappa shape index (κ1) is 71.5. The quantitative estimate of drug-likeness (QED) is 0.103. The predicted octanol–water partition coefficient (Wildman–Crippen LogP) is 30.6. The first-order valence-corrected chi connectivity index (χ1v) is 42.3. The summed E-state index contributed by atoms with van der Waals surface area (Å²) in [6.07, 6.45) is 0. The van der Waals surface area contributed by atoms with Gasteiger partial charge in [0.05, 0.1) is 44.1 Å². The van der Waals surface area contributed by atoms with Crippen molar-refractivity contribution in [2.45, 2.75) is 0 Å². The van der Waals surface area contributed by atoms with Crippen LogP contribution in [0.4, 0.5) is 0 Å². The van der Waals surface area contributed by atoms with Gasteiger partial charge >= 0.3 is 0 Å². The van der Waals surface area contributed by atoms with Crippen LogP contribution in [0.15, 0.2) is 455 Å². The first-order valence-electron chi connectivity index (χ1n) is 42.3. The van der Waals surface area contributed by atoms with E-state index in [1.54, 1.807) is 0 Å². The Morgan fingerprint density at radius 2 is 0.323 bits per heavy atom. The van der Waals surface area contributed by atoms with Gasteiger partial charge in [-0.25, -0.2) is 15.0 Å². The highest BCUT2D eigenvalue weighted by Crippen LogP contribution is 2.45. The summed E-state index contributed by atoms with van der Waals surface area (Å²) in [5.74, 6) is 1.60. The minimum Gasteiger partial charge on any atom is -0.309 e. The van der Waals surface area contributed by atoms with E-state index in [0.29, 0.717) is 17.5 Å². The van der Waals surface area contributed by atoms with Crippen molar-refractivity contribution in [3.05, 3.63) is 455 Å². The number of fused-ring (bicyclic) bond motifs is 12. The Balaban J connectivity index is 0.724. The normalized spacial score (nSPS) is 11.7. The van der Waals surface area contributed by atoms with E-state index in [-0.39, 0.29) is 0 Å². The monoisotopic (exact) mass is 1580 g/mol. The van der Waals surface area contributed by atoms with Crippen molar-refractivity contribution < 1.29 is 0 Å². The summed E-state index contributed by atoms with van der Waals surface area (Å²) < 4.78 is 9.67. The summed E-state index contributed by atoms with van der Waals surface area (Å²) in [4.78, 5) is 17.3. The van der Waals surface area contributed by atoms with E-state index in [1.807, 2.05) is 0 Å². The Kier molecular flexibility index (Phi) is 17.1. The Labute approximate surface area is 716 Å². The van der Waals surface area contributed by atoms with Crippen LogP contribution in [0.2, 0.25) is 0 Å². The molecule has 19 aromatic carbocycles. The van der Waals surface area contributed by atoms with E-state index in [9.17, 15) is 0 Å². The van der Waals surface area contributed by atoms with Gasteiger partial charge in [-0.05, 0) is 253 Å². The van der Waals surface area contributed by atoms with Gasteiger partial charge in [0.1, 0.15) is 0 Å². The van der Waals surface area contributed by atoms with Crippen molar-refractivity contribution in [1.82, 2.24) is 33.2 Å². The molecule has 24 rings (SSSR count). The molecule has 0 radical (unpaired) electrons. The highest BCUT2D eigenvalue weighted by Gasteiger charge is 2.25. The van der Waals surface area contributed by atoms with Gasteiger partial charge in [0, 0.05) is 82.5 Å². The standard InChI is InChI=1S/C117H75N7/c1-7-29-76(30-8-1)88-63-89(77-31-9-2-10-32-77)66-92(65-88)80-37-27-39-86(61-80)115-118-116(87-40-28-38-81(62-87)93-67-90(78-33-11-3-12-34-78)64-91(68-93)79-35-13-4-14-36-79)120-117(119-115)94-69-97(123-109-51-25-21-47-101(109)105-73-84(55-59-113(105)123)82-53-57-111-103(71-82)99-45-19-23-49-107(99)121(111)95-41-15-5-16-42-95)75-98(70-94)124-110-52-26-22-48-102(110)106-74-85(56-60-114(106)124)83-54-58-112-104(72-83)100-46-20-24-50-108(100)122(112)96-43-17-6-18-44-96/h1-75H. The molecule has 0 aliphatic rings. The number of hydrogen-bond donors (Lipinski definition) is 0. The molecule has 5 aromatic heterocycles. The third-order valence-electron chi connectivity index (χ3n) is 24.9. The molecule has 7 heteroatoms. The molecule has 0 saturated heterocycles. The number of para-hydroxylation sites is 6. The van der Waals surface area contributed by atoms with E-state index in [0.717, 1.165) is 172 Å². The summed E-state index contributed by atoms with van der Waals surface area (Å²) in [5, 5.41) is 9.39. The molecular weight excluding hydrogens is 1500 g/mol. The van der Waals surface area contributed by atoms with Crippen molar-refractivity contribution in [2.75, 3.05) is 0 Å². The summed E-state index contributed by atoms with van der Waals surface area (Å²) in [5.41, 5.74) is 33.5. The lowest BCUT2D eigenvalue weighted by Gasteiger charge is -2.16. The van der Waals surface area contributed by atoms with E-state index < -0.39 is 0 Å². The molecule has 0 aliphatic carbocycles. The fourth-order valence-electron chi connectivity index (χ4n) is 19.1. The molecular formula is C117H75N7. The van der Waals surface area contributed by atoms with Crippen molar-refractivity contribution in [1.29, 1.82) is 0 Å². The number of benzene rings is 19. The number of hydrogen-bond acceptors (Lipinski definition) is 3. The van der Waals surface area contributed by atoms with Crippen LogP contribution in [0.3, 0.4) is 0 Å². The van der Waals surface area contributed by atoms with Gasteiger partial charge in [-0.15, -0.1) is 0 Å². The van der Waals surface area contributed by atoms with Crippen LogP contribution in [0.25, 0.3) is 233 Å². The smallest absolute Gasteiger partial charge is 0.164 e. The molecule has 0 aliphatic heterocycles. The summed E-state index contributed by atoms with van der Waals surface area (Å²) >= 11 is 0. The molecule has 0 spiro atoms. The molecule has 0 atom stereocenters. The van der Waals surface area contributed by atoms with Crippen LogP contribution in [0.5, 0.6) is 0 Å². The van der Waals surface area contributed by atoms with Gasteiger partial charge in [0.25, 0.3) is 0 Å². The summed E-state index contributed by atoms with van der Waals surface area (Å²) in [7, 11) is 0. The summed E-state index contributed by atoms with van der Waals surface area (Å²) in [6, 6.07) is 166. The SMILES string of the molecule is c1ccc(-c2cc(-c3ccccc3)cc(-c3cccc(-c4nc(-c5cccc(-c6cc(-c7ccccc7)cc(-c7ccccc7)c6)c5)nc(-c5cc(-n6c7ccccc7c7cc(-c8ccc9c(c8)c8ccccc8n9-c8ccccc8)ccc76)cc(-n6c7ccccc7c7cc(-c8ccc9c(c8)c8ccccc8n9-c8ccccc8)ccc76)c5)n4)c3)c2)cc1. The zero-order valence-corrected chi connectivity index (χ0v) is 67.4. The van der Waals surface area contributed by atoms with Gasteiger partial charge in [0.15, 0.2) is 17.5 Å². The van der Waals surface area contributed by atoms with Gasteiger partial charge in [-0.1, -0.05) is 291 Å². The molecule has 7 nitrogen and oxygen atoms in total. The molecule has 0 fully saturated rings. The van der Waals surface area contributed by atoms with Crippen LogP contribution < -0.4 is 0 Å². The molecule has 578 valence electrons. The zero-order valence-electron chi connectivity index (χ0n) is 67.4. The van der Waals surface area contributed by atoms with Gasteiger partial charge in [0.2, 0.25) is 0 Å². The maximum Gasteiger partial charge on any atom is 0.164 e. The fraction of sp³-hybridized carbons (Fsp3) is 0. The lowest BCUT2D eigenvalue weighted by Crippen LogP contribution is -2.03. The van der Waals surface area contributed by atoms with E-state index in [1.165, 1.54) is 43.6 Å². The predicted molar refractivity (Wildman–Crippen MR) is 517 cm³/mol. The van der Waals surface area contributed by atoms with Crippen molar-refractivity contribution in [3.8, 4) is 146 Å². The van der Waals surface area contributed by atoms with Crippen LogP contribution in [-0.4, -0.2) is 33.2 Å². The number of rotatable bonds is 15. The summed E-state index contributed by atoms with van der Waals surface area (Å²) in [6.45, 7) is 0. The van der Waals surface area contributed by atoms with Crippen LogP contribution in [0, 0.1) is 0 Å². The van der Waals surface area contributed by atoms with Crippen molar-refractivity contribution >= 4 is 87.2 Å². The Morgan fingerprint density at radius 3 is 0.621 bits per heavy atom. The average molecular weight is 1580 g/mol. The lowest BCUT2D eigenvalue weighted by molar-refractivity contribution is 1.07. The minimum atomic E-state index is 0.521. The molecule has 0 amide bonds. The maximum atomic E-state index is 5.79. The largest absolute Gasteiger partial charge is 0.309 e. The second-order valence-corrected chi connectivity index (χ2v) is 32.3. The second-order valence-electron chi connectivity index (χ2n) is 32.3. The van der Waals surface area contributed by atoms with Crippen LogP contribution in [-0.2, 0) is 0 Å². The second kappa shape index (κ2) is 29.7. The molecule has 5 heterocycles. The zero-order chi connectivity index (χ0) is 81.7. The van der Waals surface area contributed by atoms with E-state index in [4.69, 9.17) is 15.0 Å². The third kappa shape index (κ3) is 12.5. The van der Waals surface area contributed by atoms with Gasteiger partial charge in [-0.2, -0.15) is 0 Å².